The van der Waals surface area contributed by atoms with Gasteiger partial charge in [0.15, 0.2) is 0 Å². The molecule has 2 aliphatic rings. The fourth-order valence-corrected chi connectivity index (χ4v) is 11.6. The molecule has 0 fully saturated rings. The van der Waals surface area contributed by atoms with Crippen LogP contribution in [-0.2, 0) is 10.8 Å². The highest BCUT2D eigenvalue weighted by Crippen LogP contribution is 2.60. The quantitative estimate of drug-likeness (QED) is 0.169. The van der Waals surface area contributed by atoms with Crippen molar-refractivity contribution in [2.75, 3.05) is 0 Å². The Kier molecular flexibility index (Phi) is 6.74. The van der Waals surface area contributed by atoms with Crippen LogP contribution < -0.4 is 0 Å². The summed E-state index contributed by atoms with van der Waals surface area (Å²) in [6.07, 6.45) is 0. The molecule has 2 aliphatic carbocycles. The summed E-state index contributed by atoms with van der Waals surface area (Å²) in [5, 5.41) is 5.17. The number of hydrogen-bond donors (Lipinski definition) is 0. The third-order valence-corrected chi connectivity index (χ3v) is 13.9. The Bertz CT molecular complexity index is 3510. The molecule has 0 bridgehead atoms. The molecule has 282 valence electrons. The van der Waals surface area contributed by atoms with Crippen molar-refractivity contribution in [1.29, 1.82) is 0 Å². The molecule has 0 amide bonds. The minimum atomic E-state index is -0.507. The van der Waals surface area contributed by atoms with Gasteiger partial charge in [-0.3, -0.25) is 0 Å². The average Bonchev–Trinajstić information content (AvgIpc) is 3.99. The molecule has 0 aliphatic heterocycles. The average molecular weight is 765 g/mol. The van der Waals surface area contributed by atoms with E-state index in [4.69, 9.17) is 0 Å². The maximum absolute atomic E-state index is 2.61. The Morgan fingerprint density at radius 2 is 0.867 bits per heavy atom. The van der Waals surface area contributed by atoms with E-state index in [-0.39, 0.29) is 5.41 Å². The zero-order valence-electron chi connectivity index (χ0n) is 33.5. The Morgan fingerprint density at radius 3 is 1.53 bits per heavy atom. The Morgan fingerprint density at radius 1 is 0.367 bits per heavy atom. The number of benzene rings is 9. The molecule has 0 N–H and O–H groups in total. The second-order valence-electron chi connectivity index (χ2n) is 17.2. The van der Waals surface area contributed by atoms with Crippen molar-refractivity contribution in [3.8, 4) is 33.6 Å². The Balaban J connectivity index is 1.25. The number of nitrogens with zero attached hydrogens (tertiary/aromatic N) is 2. The second-order valence-corrected chi connectivity index (χ2v) is 17.2. The minimum absolute atomic E-state index is 0.249. The first-order chi connectivity index (χ1) is 29.6. The first-order valence-electron chi connectivity index (χ1n) is 21.1. The van der Waals surface area contributed by atoms with Gasteiger partial charge in [0.25, 0.3) is 0 Å². The van der Waals surface area contributed by atoms with E-state index in [1.54, 1.807) is 0 Å². The summed E-state index contributed by atoms with van der Waals surface area (Å²) in [5.74, 6) is 0. The molecule has 11 aromatic rings. The van der Waals surface area contributed by atoms with Crippen LogP contribution in [0.1, 0.15) is 47.2 Å². The van der Waals surface area contributed by atoms with E-state index in [0.717, 1.165) is 5.69 Å². The maximum atomic E-state index is 2.61. The highest BCUT2D eigenvalue weighted by Gasteiger charge is 2.47. The molecule has 0 saturated carbocycles. The normalized spacial score (nSPS) is 14.4. The molecule has 2 heteroatoms. The SMILES string of the molecule is CC1(C)c2ccccc2-c2c1c1c3ccccc3n(-c3ccccc3)c1c1c3ccccc3n(-c3ccc4c(c3)C(c3ccccc3)(c3ccccc3)c3ccccc3-4)c21. The van der Waals surface area contributed by atoms with Crippen molar-refractivity contribution >= 4 is 43.6 Å². The zero-order valence-corrected chi connectivity index (χ0v) is 33.5. The van der Waals surface area contributed by atoms with Gasteiger partial charge in [-0.1, -0.05) is 184 Å². The van der Waals surface area contributed by atoms with Gasteiger partial charge in [-0.05, 0) is 86.5 Å². The molecule has 0 saturated heterocycles. The highest BCUT2D eigenvalue weighted by atomic mass is 15.0. The number of rotatable bonds is 4. The third-order valence-electron chi connectivity index (χ3n) is 13.9. The topological polar surface area (TPSA) is 9.86 Å². The predicted molar refractivity (Wildman–Crippen MR) is 250 cm³/mol. The Labute approximate surface area is 349 Å². The standard InChI is InChI=1S/C58H40N2/c1-57(2)46-30-16-13-27-43(46)51-54(57)52-44-28-14-18-32-49(44)59(39-24-10-5-11-25-39)56(52)53-45-29-15-19-33-50(45)60(55(51)53)40-34-35-42-41-26-12-17-31-47(41)58(48(42)36-40,37-20-6-3-7-21-37)38-22-8-4-9-23-38/h3-36H,1-2H3. The van der Waals surface area contributed by atoms with Crippen LogP contribution in [0.4, 0.5) is 0 Å². The van der Waals surface area contributed by atoms with Crippen molar-refractivity contribution < 1.29 is 0 Å². The molecule has 60 heavy (non-hydrogen) atoms. The van der Waals surface area contributed by atoms with Gasteiger partial charge in [0.2, 0.25) is 0 Å². The van der Waals surface area contributed by atoms with E-state index in [9.17, 15) is 0 Å². The van der Waals surface area contributed by atoms with Crippen molar-refractivity contribution in [2.45, 2.75) is 24.7 Å². The van der Waals surface area contributed by atoms with Crippen LogP contribution >= 0.6 is 0 Å². The molecule has 0 radical (unpaired) electrons. The predicted octanol–water partition coefficient (Wildman–Crippen LogP) is 14.6. The monoisotopic (exact) mass is 764 g/mol. The molecule has 2 aromatic heterocycles. The molecule has 2 heterocycles. The lowest BCUT2D eigenvalue weighted by molar-refractivity contribution is 0.667. The van der Waals surface area contributed by atoms with Crippen molar-refractivity contribution in [2.24, 2.45) is 0 Å². The van der Waals surface area contributed by atoms with E-state index >= 15 is 0 Å². The minimum Gasteiger partial charge on any atom is -0.309 e. The Hall–Kier alpha value is -7.42. The van der Waals surface area contributed by atoms with Crippen LogP contribution in [0, 0.1) is 0 Å². The summed E-state index contributed by atoms with van der Waals surface area (Å²) in [7, 11) is 0. The van der Waals surface area contributed by atoms with E-state index in [1.165, 1.54) is 105 Å². The van der Waals surface area contributed by atoms with Crippen LogP contribution in [0.2, 0.25) is 0 Å². The van der Waals surface area contributed by atoms with Gasteiger partial charge in [-0.25, -0.2) is 0 Å². The van der Waals surface area contributed by atoms with Crippen LogP contribution in [0.25, 0.3) is 77.2 Å². The first kappa shape index (κ1) is 33.5. The number of para-hydroxylation sites is 3. The van der Waals surface area contributed by atoms with E-state index in [2.05, 4.69) is 229 Å². The molecule has 9 aromatic carbocycles. The number of hydrogen-bond acceptors (Lipinski definition) is 0. The van der Waals surface area contributed by atoms with Crippen LogP contribution in [0.3, 0.4) is 0 Å². The lowest BCUT2D eigenvalue weighted by Crippen LogP contribution is -2.28. The summed E-state index contributed by atoms with van der Waals surface area (Å²) in [4.78, 5) is 0. The van der Waals surface area contributed by atoms with Gasteiger partial charge < -0.3 is 9.13 Å². The molecule has 0 spiro atoms. The molecular formula is C58H40N2. The van der Waals surface area contributed by atoms with Crippen LogP contribution in [0.5, 0.6) is 0 Å². The number of fused-ring (bicyclic) bond motifs is 15. The highest BCUT2D eigenvalue weighted by molar-refractivity contribution is 6.31. The van der Waals surface area contributed by atoms with Gasteiger partial charge in [0.1, 0.15) is 0 Å². The van der Waals surface area contributed by atoms with E-state index in [1.807, 2.05) is 0 Å². The van der Waals surface area contributed by atoms with E-state index < -0.39 is 5.41 Å². The molecule has 2 nitrogen and oxygen atoms in total. The maximum Gasteiger partial charge on any atom is 0.0714 e. The molecule has 13 rings (SSSR count). The van der Waals surface area contributed by atoms with E-state index in [0.29, 0.717) is 0 Å². The summed E-state index contributed by atoms with van der Waals surface area (Å²) in [6, 6.07) is 76.9. The van der Waals surface area contributed by atoms with Gasteiger partial charge in [-0.15, -0.1) is 0 Å². The molecule has 0 atom stereocenters. The largest absolute Gasteiger partial charge is 0.309 e. The smallest absolute Gasteiger partial charge is 0.0714 e. The summed E-state index contributed by atoms with van der Waals surface area (Å²) >= 11 is 0. The van der Waals surface area contributed by atoms with Gasteiger partial charge in [0, 0.05) is 43.9 Å². The van der Waals surface area contributed by atoms with Gasteiger partial charge in [0.05, 0.1) is 27.5 Å². The fraction of sp³-hybridized carbons (Fsp3) is 0.0690. The first-order valence-corrected chi connectivity index (χ1v) is 21.1. The zero-order chi connectivity index (χ0) is 39.7. The summed E-state index contributed by atoms with van der Waals surface area (Å²) in [6.45, 7) is 4.87. The van der Waals surface area contributed by atoms with Crippen molar-refractivity contribution in [3.63, 3.8) is 0 Å². The lowest BCUT2D eigenvalue weighted by Gasteiger charge is -2.34. The molecule has 0 unspecified atom stereocenters. The van der Waals surface area contributed by atoms with Crippen molar-refractivity contribution in [1.82, 2.24) is 9.13 Å². The second kappa shape index (κ2) is 12.1. The number of aromatic nitrogens is 2. The van der Waals surface area contributed by atoms with Gasteiger partial charge in [-0.2, -0.15) is 0 Å². The fourth-order valence-electron chi connectivity index (χ4n) is 11.6. The summed E-state index contributed by atoms with van der Waals surface area (Å²) < 4.78 is 5.15. The van der Waals surface area contributed by atoms with Crippen molar-refractivity contribution in [3.05, 3.63) is 240 Å². The summed E-state index contributed by atoms with van der Waals surface area (Å²) in [5.41, 5.74) is 19.7. The lowest BCUT2D eigenvalue weighted by atomic mass is 9.67. The third kappa shape index (κ3) is 4.13. The van der Waals surface area contributed by atoms with Crippen LogP contribution in [-0.4, -0.2) is 9.13 Å². The van der Waals surface area contributed by atoms with Gasteiger partial charge >= 0.3 is 0 Å². The molecular weight excluding hydrogens is 725 g/mol. The van der Waals surface area contributed by atoms with Crippen LogP contribution in [0.15, 0.2) is 206 Å².